The number of nitrogens with zero attached hydrogens (tertiary/aromatic N) is 1. The number of amides is 1. The van der Waals surface area contributed by atoms with E-state index < -0.39 is 10.0 Å². The molecule has 0 saturated heterocycles. The predicted molar refractivity (Wildman–Crippen MR) is 111 cm³/mol. The molecule has 0 aliphatic carbocycles. The molecule has 0 fully saturated rings. The Balaban J connectivity index is 1.90. The number of aryl methyl sites for hydroxylation is 1. The van der Waals surface area contributed by atoms with Crippen LogP contribution in [0.5, 0.6) is 0 Å². The van der Waals surface area contributed by atoms with Crippen molar-refractivity contribution in [1.29, 1.82) is 0 Å². The molecule has 1 aromatic heterocycles. The van der Waals surface area contributed by atoms with Crippen molar-refractivity contribution in [2.75, 3.05) is 7.05 Å². The summed E-state index contributed by atoms with van der Waals surface area (Å²) in [6.45, 7) is 2.30. The van der Waals surface area contributed by atoms with E-state index >= 15 is 0 Å². The summed E-state index contributed by atoms with van der Waals surface area (Å²) in [7, 11) is -2.17. The van der Waals surface area contributed by atoms with Gasteiger partial charge in [-0.3, -0.25) is 4.79 Å². The van der Waals surface area contributed by atoms with E-state index in [1.54, 1.807) is 55.6 Å². The summed E-state index contributed by atoms with van der Waals surface area (Å²) < 4.78 is 33.4. The lowest BCUT2D eigenvalue weighted by Gasteiger charge is -2.22. The first-order valence-electron chi connectivity index (χ1n) is 9.36. The van der Waals surface area contributed by atoms with Crippen LogP contribution < -0.4 is 5.32 Å². The molecule has 2 aromatic carbocycles. The van der Waals surface area contributed by atoms with Gasteiger partial charge < -0.3 is 9.73 Å². The van der Waals surface area contributed by atoms with Crippen LogP contribution in [0.4, 0.5) is 0 Å². The minimum absolute atomic E-state index is 0.113. The van der Waals surface area contributed by atoms with E-state index in [0.29, 0.717) is 11.3 Å². The van der Waals surface area contributed by atoms with Crippen molar-refractivity contribution in [1.82, 2.24) is 9.62 Å². The Kier molecular flexibility index (Phi) is 6.51. The van der Waals surface area contributed by atoms with Crippen molar-refractivity contribution in [3.05, 3.63) is 89.4 Å². The molecular weight excluding hydrogens is 388 g/mol. The maximum absolute atomic E-state index is 13.3. The Hall–Kier alpha value is -2.90. The number of rotatable bonds is 8. The van der Waals surface area contributed by atoms with E-state index in [1.807, 2.05) is 19.1 Å². The number of hydrogen-bond acceptors (Lipinski definition) is 4. The molecule has 0 spiro atoms. The molecule has 0 atom stereocenters. The fourth-order valence-corrected chi connectivity index (χ4v) is 4.35. The molecule has 0 unspecified atom stereocenters. The fraction of sp³-hybridized carbons (Fsp3) is 0.227. The summed E-state index contributed by atoms with van der Waals surface area (Å²) >= 11 is 0. The Labute approximate surface area is 171 Å². The van der Waals surface area contributed by atoms with Crippen molar-refractivity contribution < 1.29 is 17.6 Å². The minimum Gasteiger partial charge on any atom is -0.468 e. The van der Waals surface area contributed by atoms with Crippen LogP contribution in [0, 0.1) is 0 Å². The number of benzene rings is 2. The van der Waals surface area contributed by atoms with Crippen LogP contribution in [0.3, 0.4) is 0 Å². The summed E-state index contributed by atoms with van der Waals surface area (Å²) in [5.41, 5.74) is 2.37. The second-order valence-corrected chi connectivity index (χ2v) is 8.56. The molecule has 1 heterocycles. The van der Waals surface area contributed by atoms with Gasteiger partial charge >= 0.3 is 0 Å². The van der Waals surface area contributed by atoms with Crippen molar-refractivity contribution in [2.45, 2.75) is 31.3 Å². The van der Waals surface area contributed by atoms with Gasteiger partial charge in [0.25, 0.3) is 5.91 Å². The van der Waals surface area contributed by atoms with Gasteiger partial charge in [-0.2, -0.15) is 4.31 Å². The second-order valence-electron chi connectivity index (χ2n) is 6.63. The van der Waals surface area contributed by atoms with Crippen LogP contribution in [0.15, 0.2) is 76.2 Å². The summed E-state index contributed by atoms with van der Waals surface area (Å²) in [6, 6.07) is 17.3. The molecule has 0 radical (unpaired) electrons. The zero-order chi connectivity index (χ0) is 20.9. The highest BCUT2D eigenvalue weighted by molar-refractivity contribution is 7.89. The Morgan fingerprint density at radius 2 is 1.62 bits per heavy atom. The quantitative estimate of drug-likeness (QED) is 0.613. The van der Waals surface area contributed by atoms with Gasteiger partial charge in [-0.25, -0.2) is 8.42 Å². The zero-order valence-electron chi connectivity index (χ0n) is 16.5. The average Bonchev–Trinajstić information content (AvgIpc) is 3.26. The van der Waals surface area contributed by atoms with Gasteiger partial charge in [-0.1, -0.05) is 31.2 Å². The van der Waals surface area contributed by atoms with E-state index in [2.05, 4.69) is 5.32 Å². The molecule has 0 aliphatic rings. The molecule has 3 aromatic rings. The summed E-state index contributed by atoms with van der Waals surface area (Å²) in [5.74, 6) is 0.369. The molecule has 3 rings (SSSR count). The maximum atomic E-state index is 13.3. The Morgan fingerprint density at radius 1 is 0.966 bits per heavy atom. The minimum atomic E-state index is -3.74. The Bertz CT molecular complexity index is 1040. The topological polar surface area (TPSA) is 79.6 Å². The van der Waals surface area contributed by atoms with E-state index in [-0.39, 0.29) is 23.9 Å². The first-order chi connectivity index (χ1) is 13.9. The molecular formula is C22H24N2O4S. The lowest BCUT2D eigenvalue weighted by Crippen LogP contribution is -2.30. The van der Waals surface area contributed by atoms with Gasteiger partial charge in [0.15, 0.2) is 0 Å². The van der Waals surface area contributed by atoms with Gasteiger partial charge in [0, 0.05) is 19.2 Å². The molecule has 1 N–H and O–H groups in total. The van der Waals surface area contributed by atoms with Crippen molar-refractivity contribution >= 4 is 15.9 Å². The van der Waals surface area contributed by atoms with Gasteiger partial charge in [-0.05, 0) is 53.9 Å². The molecule has 7 heteroatoms. The van der Waals surface area contributed by atoms with Crippen molar-refractivity contribution in [3.63, 3.8) is 0 Å². The highest BCUT2D eigenvalue weighted by Gasteiger charge is 2.26. The van der Waals surface area contributed by atoms with Crippen molar-refractivity contribution in [2.24, 2.45) is 0 Å². The molecule has 0 aliphatic heterocycles. The number of sulfonamides is 1. The summed E-state index contributed by atoms with van der Waals surface area (Å²) in [4.78, 5) is 12.0. The number of nitrogens with one attached hydrogen (secondary N) is 1. The van der Waals surface area contributed by atoms with Gasteiger partial charge in [-0.15, -0.1) is 0 Å². The summed E-state index contributed by atoms with van der Waals surface area (Å²) in [5, 5.41) is 2.57. The smallest absolute Gasteiger partial charge is 0.251 e. The number of carbonyl (C=O) groups is 1. The van der Waals surface area contributed by atoms with E-state index in [4.69, 9.17) is 4.42 Å². The second kappa shape index (κ2) is 9.07. The molecule has 0 bridgehead atoms. The third-order valence-corrected chi connectivity index (χ3v) is 6.49. The molecule has 152 valence electrons. The van der Waals surface area contributed by atoms with Crippen LogP contribution in [0.1, 0.15) is 34.2 Å². The molecule has 0 saturated carbocycles. The first-order valence-corrected chi connectivity index (χ1v) is 10.8. The number of carbonyl (C=O) groups excluding carboxylic acids is 1. The van der Waals surface area contributed by atoms with Crippen molar-refractivity contribution in [3.8, 4) is 0 Å². The molecule has 6 nitrogen and oxygen atoms in total. The predicted octanol–water partition coefficient (Wildman–Crippen LogP) is 3.59. The third-order valence-electron chi connectivity index (χ3n) is 4.68. The fourth-order valence-electron chi connectivity index (χ4n) is 2.96. The van der Waals surface area contributed by atoms with E-state index in [1.165, 1.54) is 10.6 Å². The zero-order valence-corrected chi connectivity index (χ0v) is 17.3. The lowest BCUT2D eigenvalue weighted by atomic mass is 10.1. The SMILES string of the molecule is CCc1ccc(S(=O)(=O)N(Cc2ccc(C(=O)NC)cc2)Cc2ccco2)cc1. The molecule has 29 heavy (non-hydrogen) atoms. The normalized spacial score (nSPS) is 11.6. The average molecular weight is 413 g/mol. The lowest BCUT2D eigenvalue weighted by molar-refractivity contribution is 0.0963. The van der Waals surface area contributed by atoms with Crippen LogP contribution >= 0.6 is 0 Å². The largest absolute Gasteiger partial charge is 0.468 e. The first kappa shape index (κ1) is 20.8. The third kappa shape index (κ3) is 4.93. The van der Waals surface area contributed by atoms with E-state index in [0.717, 1.165) is 17.5 Å². The van der Waals surface area contributed by atoms with Crippen LogP contribution in [0.25, 0.3) is 0 Å². The van der Waals surface area contributed by atoms with Crippen LogP contribution in [-0.4, -0.2) is 25.7 Å². The standard InChI is InChI=1S/C22H24N2O4S/c1-3-17-8-12-21(13-9-17)29(26,27)24(16-20-5-4-14-28-20)15-18-6-10-19(11-7-18)22(25)23-2/h4-14H,3,15-16H2,1-2H3,(H,23,25). The van der Waals surface area contributed by atoms with Crippen LogP contribution in [0.2, 0.25) is 0 Å². The number of furan rings is 1. The summed E-state index contributed by atoms with van der Waals surface area (Å²) in [6.07, 6.45) is 2.36. The highest BCUT2D eigenvalue weighted by atomic mass is 32.2. The Morgan fingerprint density at radius 3 is 2.17 bits per heavy atom. The highest BCUT2D eigenvalue weighted by Crippen LogP contribution is 2.22. The maximum Gasteiger partial charge on any atom is 0.251 e. The van der Waals surface area contributed by atoms with E-state index in [9.17, 15) is 13.2 Å². The van der Waals surface area contributed by atoms with Gasteiger partial charge in [0.1, 0.15) is 5.76 Å². The van der Waals surface area contributed by atoms with Gasteiger partial charge in [0.05, 0.1) is 17.7 Å². The molecule has 1 amide bonds. The number of hydrogen-bond donors (Lipinski definition) is 1. The van der Waals surface area contributed by atoms with Crippen LogP contribution in [-0.2, 0) is 29.5 Å². The van der Waals surface area contributed by atoms with Gasteiger partial charge in [0.2, 0.25) is 10.0 Å². The monoisotopic (exact) mass is 412 g/mol.